The molecule has 1 aromatic rings. The topological polar surface area (TPSA) is 55.6 Å². The molecule has 0 radical (unpaired) electrons. The third kappa shape index (κ3) is 3.14. The zero-order chi connectivity index (χ0) is 13.8. The molecule has 4 nitrogen and oxygen atoms in total. The molecule has 2 N–H and O–H groups in total. The van der Waals surface area contributed by atoms with Crippen molar-refractivity contribution in [3.8, 4) is 0 Å². The lowest BCUT2D eigenvalue weighted by Crippen LogP contribution is -2.49. The van der Waals surface area contributed by atoms with Crippen LogP contribution in [-0.2, 0) is 9.53 Å². The van der Waals surface area contributed by atoms with Crippen LogP contribution in [0.5, 0.6) is 0 Å². The van der Waals surface area contributed by atoms with Gasteiger partial charge in [-0.1, -0.05) is 31.2 Å². The zero-order valence-electron chi connectivity index (χ0n) is 11.6. The van der Waals surface area contributed by atoms with E-state index in [0.29, 0.717) is 26.1 Å². The van der Waals surface area contributed by atoms with Crippen LogP contribution in [0.15, 0.2) is 24.3 Å². The Kier molecular flexibility index (Phi) is 4.56. The van der Waals surface area contributed by atoms with Crippen molar-refractivity contribution in [1.82, 2.24) is 4.90 Å². The van der Waals surface area contributed by atoms with Gasteiger partial charge in [0.25, 0.3) is 0 Å². The first-order valence-corrected chi connectivity index (χ1v) is 6.85. The Labute approximate surface area is 114 Å². The number of rotatable bonds is 3. The fourth-order valence-electron chi connectivity index (χ4n) is 2.39. The Balaban J connectivity index is 2.09. The number of hydrogen-bond acceptors (Lipinski definition) is 3. The summed E-state index contributed by atoms with van der Waals surface area (Å²) in [6, 6.07) is 7.75. The van der Waals surface area contributed by atoms with Gasteiger partial charge in [0.2, 0.25) is 5.91 Å². The number of carbonyl (C=O) groups is 1. The number of aryl methyl sites for hydroxylation is 1. The molecule has 1 heterocycles. The molecule has 0 bridgehead atoms. The van der Waals surface area contributed by atoms with Gasteiger partial charge in [-0.2, -0.15) is 0 Å². The molecule has 0 aliphatic carbocycles. The molecule has 0 aromatic heterocycles. The number of nitrogens with zero attached hydrogens (tertiary/aromatic N) is 1. The van der Waals surface area contributed by atoms with Gasteiger partial charge in [-0.3, -0.25) is 4.79 Å². The first-order chi connectivity index (χ1) is 9.13. The lowest BCUT2D eigenvalue weighted by molar-refractivity contribution is -0.140. The van der Waals surface area contributed by atoms with E-state index < -0.39 is 6.04 Å². The molecule has 2 atom stereocenters. The van der Waals surface area contributed by atoms with Crippen LogP contribution in [0.2, 0.25) is 0 Å². The third-order valence-corrected chi connectivity index (χ3v) is 3.67. The summed E-state index contributed by atoms with van der Waals surface area (Å²) in [5, 5.41) is 0. The molecule has 1 fully saturated rings. The summed E-state index contributed by atoms with van der Waals surface area (Å²) in [5.41, 5.74) is 8.18. The molecular formula is C15H22N2O2. The number of benzene rings is 1. The van der Waals surface area contributed by atoms with E-state index >= 15 is 0 Å². The Morgan fingerprint density at radius 1 is 1.53 bits per heavy atom. The minimum absolute atomic E-state index is 0.0318. The van der Waals surface area contributed by atoms with Gasteiger partial charge in [-0.05, 0) is 24.5 Å². The predicted molar refractivity (Wildman–Crippen MR) is 74.7 cm³/mol. The van der Waals surface area contributed by atoms with E-state index in [1.54, 1.807) is 0 Å². The molecule has 19 heavy (non-hydrogen) atoms. The zero-order valence-corrected chi connectivity index (χ0v) is 11.6. The van der Waals surface area contributed by atoms with E-state index in [0.717, 1.165) is 5.56 Å². The average Bonchev–Trinajstić information content (AvgIpc) is 2.46. The highest BCUT2D eigenvalue weighted by atomic mass is 16.5. The second kappa shape index (κ2) is 6.17. The molecule has 104 valence electrons. The van der Waals surface area contributed by atoms with Gasteiger partial charge < -0.3 is 15.4 Å². The summed E-state index contributed by atoms with van der Waals surface area (Å²) < 4.78 is 5.80. The van der Waals surface area contributed by atoms with Crippen molar-refractivity contribution >= 4 is 5.91 Å². The molecule has 1 aromatic carbocycles. The summed E-state index contributed by atoms with van der Waals surface area (Å²) >= 11 is 0. The van der Waals surface area contributed by atoms with Crippen LogP contribution in [-0.4, -0.2) is 36.5 Å². The summed E-state index contributed by atoms with van der Waals surface area (Å²) in [6.07, 6.45) is 0.633. The van der Waals surface area contributed by atoms with Crippen LogP contribution in [0, 0.1) is 6.92 Å². The maximum absolute atomic E-state index is 12.1. The van der Waals surface area contributed by atoms with Gasteiger partial charge in [0.05, 0.1) is 19.2 Å². The maximum Gasteiger partial charge on any atom is 0.239 e. The lowest BCUT2D eigenvalue weighted by Gasteiger charge is -2.35. The normalized spacial score (nSPS) is 21.2. The van der Waals surface area contributed by atoms with Gasteiger partial charge in [-0.15, -0.1) is 0 Å². The number of morpholine rings is 1. The van der Waals surface area contributed by atoms with E-state index in [1.165, 1.54) is 5.56 Å². The predicted octanol–water partition coefficient (Wildman–Crippen LogP) is 1.63. The standard InChI is InChI=1S/C15H22N2O2/c1-3-13(16)15(18)17-8-9-19-14(10-17)12-7-5-4-6-11(12)2/h4-7,13-14H,3,8-10,16H2,1-2H3. The second-order valence-electron chi connectivity index (χ2n) is 5.02. The highest BCUT2D eigenvalue weighted by Gasteiger charge is 2.28. The SMILES string of the molecule is CCC(N)C(=O)N1CCOC(c2ccccc2C)C1. The maximum atomic E-state index is 12.1. The Bertz CT molecular complexity index is 448. The first kappa shape index (κ1) is 14.0. The van der Waals surface area contributed by atoms with E-state index in [4.69, 9.17) is 10.5 Å². The van der Waals surface area contributed by atoms with Crippen molar-refractivity contribution in [1.29, 1.82) is 0 Å². The molecule has 0 saturated carbocycles. The number of ether oxygens (including phenoxy) is 1. The highest BCUT2D eigenvalue weighted by Crippen LogP contribution is 2.25. The molecule has 1 aliphatic heterocycles. The van der Waals surface area contributed by atoms with Crippen LogP contribution in [0.1, 0.15) is 30.6 Å². The van der Waals surface area contributed by atoms with E-state index in [1.807, 2.05) is 24.0 Å². The third-order valence-electron chi connectivity index (χ3n) is 3.67. The van der Waals surface area contributed by atoms with Crippen molar-refractivity contribution in [2.45, 2.75) is 32.4 Å². The number of carbonyl (C=O) groups excluding carboxylic acids is 1. The molecule has 2 unspecified atom stereocenters. The van der Waals surface area contributed by atoms with E-state index in [9.17, 15) is 4.79 Å². The van der Waals surface area contributed by atoms with Crippen LogP contribution >= 0.6 is 0 Å². The molecule has 2 rings (SSSR count). The van der Waals surface area contributed by atoms with Crippen LogP contribution < -0.4 is 5.73 Å². The fraction of sp³-hybridized carbons (Fsp3) is 0.533. The smallest absolute Gasteiger partial charge is 0.239 e. The fourth-order valence-corrected chi connectivity index (χ4v) is 2.39. The summed E-state index contributed by atoms with van der Waals surface area (Å²) in [4.78, 5) is 14.0. The number of amides is 1. The minimum atomic E-state index is -0.393. The molecule has 0 spiro atoms. The van der Waals surface area contributed by atoms with Crippen molar-refractivity contribution in [3.05, 3.63) is 35.4 Å². The number of hydrogen-bond donors (Lipinski definition) is 1. The monoisotopic (exact) mass is 262 g/mol. The molecule has 1 amide bonds. The van der Waals surface area contributed by atoms with Gasteiger partial charge in [-0.25, -0.2) is 0 Å². The van der Waals surface area contributed by atoms with Crippen molar-refractivity contribution in [2.24, 2.45) is 5.73 Å². The van der Waals surface area contributed by atoms with Crippen molar-refractivity contribution in [2.75, 3.05) is 19.7 Å². The minimum Gasteiger partial charge on any atom is -0.370 e. The van der Waals surface area contributed by atoms with Crippen LogP contribution in [0.3, 0.4) is 0 Å². The Hall–Kier alpha value is -1.39. The van der Waals surface area contributed by atoms with Crippen LogP contribution in [0.25, 0.3) is 0 Å². The van der Waals surface area contributed by atoms with Gasteiger partial charge >= 0.3 is 0 Å². The van der Waals surface area contributed by atoms with Gasteiger partial charge in [0.15, 0.2) is 0 Å². The van der Waals surface area contributed by atoms with E-state index in [-0.39, 0.29) is 12.0 Å². The Morgan fingerprint density at radius 3 is 2.95 bits per heavy atom. The summed E-state index contributed by atoms with van der Waals surface area (Å²) in [6.45, 7) is 5.80. The van der Waals surface area contributed by atoms with E-state index in [2.05, 4.69) is 19.1 Å². The molecule has 4 heteroatoms. The largest absolute Gasteiger partial charge is 0.370 e. The average molecular weight is 262 g/mol. The molecular weight excluding hydrogens is 240 g/mol. The second-order valence-corrected chi connectivity index (χ2v) is 5.02. The van der Waals surface area contributed by atoms with Gasteiger partial charge in [0.1, 0.15) is 6.10 Å². The van der Waals surface area contributed by atoms with Crippen molar-refractivity contribution < 1.29 is 9.53 Å². The highest BCUT2D eigenvalue weighted by molar-refractivity contribution is 5.81. The van der Waals surface area contributed by atoms with Gasteiger partial charge in [0, 0.05) is 6.54 Å². The summed E-state index contributed by atoms with van der Waals surface area (Å²) in [5.74, 6) is 0.0318. The van der Waals surface area contributed by atoms with Crippen LogP contribution in [0.4, 0.5) is 0 Å². The quantitative estimate of drug-likeness (QED) is 0.901. The number of nitrogens with two attached hydrogens (primary N) is 1. The first-order valence-electron chi connectivity index (χ1n) is 6.85. The summed E-state index contributed by atoms with van der Waals surface area (Å²) in [7, 11) is 0. The molecule has 1 aliphatic rings. The molecule has 1 saturated heterocycles. The van der Waals surface area contributed by atoms with Crippen molar-refractivity contribution in [3.63, 3.8) is 0 Å². The lowest BCUT2D eigenvalue weighted by atomic mass is 10.0. The Morgan fingerprint density at radius 2 is 2.26 bits per heavy atom.